The highest BCUT2D eigenvalue weighted by atomic mass is 19.3. The van der Waals surface area contributed by atoms with E-state index in [4.69, 9.17) is 0 Å². The lowest BCUT2D eigenvalue weighted by atomic mass is 10.2. The smallest absolute Gasteiger partial charge is 0.274 e. The summed E-state index contributed by atoms with van der Waals surface area (Å²) in [6.45, 7) is 1.20. The fourth-order valence-corrected chi connectivity index (χ4v) is 1.09. The molecule has 1 N–H and O–H groups in total. The van der Waals surface area contributed by atoms with Crippen molar-refractivity contribution in [1.82, 2.24) is 0 Å². The van der Waals surface area contributed by atoms with E-state index < -0.39 is 28.9 Å². The molecule has 0 saturated heterocycles. The standard InChI is InChI=1S/C9H9F3N2O2/c1-5(9(11)12)13-7-2-6(10)3-8(4-7)14(15)16/h2-5,9,13H,1H3. The van der Waals surface area contributed by atoms with Crippen molar-refractivity contribution < 1.29 is 18.1 Å². The van der Waals surface area contributed by atoms with Crippen LogP contribution in [0.25, 0.3) is 0 Å². The minimum Gasteiger partial charge on any atom is -0.377 e. The molecule has 0 fully saturated rings. The lowest BCUT2D eigenvalue weighted by Crippen LogP contribution is -2.23. The first-order chi connectivity index (χ1) is 7.40. The Labute approximate surface area is 89.2 Å². The van der Waals surface area contributed by atoms with Crippen molar-refractivity contribution in [3.8, 4) is 0 Å². The van der Waals surface area contributed by atoms with Crippen LogP contribution >= 0.6 is 0 Å². The van der Waals surface area contributed by atoms with Crippen LogP contribution in [0.15, 0.2) is 18.2 Å². The number of nitrogens with one attached hydrogen (secondary N) is 1. The van der Waals surface area contributed by atoms with Gasteiger partial charge in [0.15, 0.2) is 0 Å². The van der Waals surface area contributed by atoms with Crippen LogP contribution in [0, 0.1) is 15.9 Å². The number of anilines is 1. The summed E-state index contributed by atoms with van der Waals surface area (Å²) in [6, 6.07) is 1.44. The van der Waals surface area contributed by atoms with Gasteiger partial charge < -0.3 is 5.32 Å². The number of nitro groups is 1. The van der Waals surface area contributed by atoms with E-state index >= 15 is 0 Å². The molecule has 88 valence electrons. The maximum absolute atomic E-state index is 12.9. The van der Waals surface area contributed by atoms with Gasteiger partial charge in [-0.15, -0.1) is 0 Å². The molecule has 1 atom stereocenters. The number of non-ortho nitro benzene ring substituents is 1. The highest BCUT2D eigenvalue weighted by Gasteiger charge is 2.16. The molecule has 0 aliphatic heterocycles. The molecule has 0 bridgehead atoms. The molecule has 0 amide bonds. The Morgan fingerprint density at radius 2 is 2.00 bits per heavy atom. The van der Waals surface area contributed by atoms with Gasteiger partial charge in [-0.1, -0.05) is 0 Å². The molecule has 1 rings (SSSR count). The monoisotopic (exact) mass is 234 g/mol. The molecule has 1 unspecified atom stereocenters. The van der Waals surface area contributed by atoms with Crippen LogP contribution in [0.5, 0.6) is 0 Å². The molecule has 0 radical (unpaired) electrons. The normalized spacial score (nSPS) is 12.6. The zero-order valence-electron chi connectivity index (χ0n) is 8.28. The molecule has 16 heavy (non-hydrogen) atoms. The Balaban J connectivity index is 2.92. The number of nitrogens with zero attached hydrogens (tertiary/aromatic N) is 1. The number of halogens is 3. The fourth-order valence-electron chi connectivity index (χ4n) is 1.09. The Hall–Kier alpha value is -1.79. The molecule has 7 heteroatoms. The van der Waals surface area contributed by atoms with Crippen LogP contribution in [-0.2, 0) is 0 Å². The zero-order chi connectivity index (χ0) is 12.3. The second-order valence-corrected chi connectivity index (χ2v) is 3.22. The minimum atomic E-state index is -2.64. The van der Waals surface area contributed by atoms with Gasteiger partial charge >= 0.3 is 0 Å². The summed E-state index contributed by atoms with van der Waals surface area (Å²) in [5, 5.41) is 12.7. The average molecular weight is 234 g/mol. The van der Waals surface area contributed by atoms with Crippen molar-refractivity contribution in [3.05, 3.63) is 34.1 Å². The number of rotatable bonds is 4. The summed E-state index contributed by atoms with van der Waals surface area (Å²) in [7, 11) is 0. The van der Waals surface area contributed by atoms with Crippen LogP contribution in [0.4, 0.5) is 24.5 Å². The molecule has 4 nitrogen and oxygen atoms in total. The Morgan fingerprint density at radius 3 is 2.50 bits per heavy atom. The van der Waals surface area contributed by atoms with Gasteiger partial charge in [-0.25, -0.2) is 13.2 Å². The van der Waals surface area contributed by atoms with Crippen LogP contribution < -0.4 is 5.32 Å². The number of nitro benzene ring substituents is 1. The third-order valence-electron chi connectivity index (χ3n) is 1.87. The van der Waals surface area contributed by atoms with Gasteiger partial charge in [0.1, 0.15) is 5.82 Å². The van der Waals surface area contributed by atoms with Gasteiger partial charge in [0.2, 0.25) is 0 Å². The van der Waals surface area contributed by atoms with Crippen LogP contribution in [0.3, 0.4) is 0 Å². The molecule has 0 aliphatic carbocycles. The average Bonchev–Trinajstić information content (AvgIpc) is 2.16. The minimum absolute atomic E-state index is 0.0421. The van der Waals surface area contributed by atoms with Crippen LogP contribution in [0.2, 0.25) is 0 Å². The third-order valence-corrected chi connectivity index (χ3v) is 1.87. The maximum Gasteiger partial charge on any atom is 0.274 e. The zero-order valence-corrected chi connectivity index (χ0v) is 8.28. The van der Waals surface area contributed by atoms with E-state index in [1.807, 2.05) is 0 Å². The largest absolute Gasteiger partial charge is 0.377 e. The van der Waals surface area contributed by atoms with Gasteiger partial charge in [0.05, 0.1) is 17.0 Å². The molecule has 0 aliphatic rings. The molecule has 1 aromatic rings. The van der Waals surface area contributed by atoms with E-state index in [0.29, 0.717) is 0 Å². The lowest BCUT2D eigenvalue weighted by Gasteiger charge is -2.13. The van der Waals surface area contributed by atoms with E-state index in [-0.39, 0.29) is 5.69 Å². The van der Waals surface area contributed by atoms with Crippen molar-refractivity contribution in [3.63, 3.8) is 0 Å². The van der Waals surface area contributed by atoms with Gasteiger partial charge in [0.25, 0.3) is 12.1 Å². The Kier molecular flexibility index (Phi) is 3.70. The van der Waals surface area contributed by atoms with E-state index in [9.17, 15) is 23.3 Å². The predicted octanol–water partition coefficient (Wildman–Crippen LogP) is 2.80. The number of alkyl halides is 2. The molecule has 0 aromatic heterocycles. The van der Waals surface area contributed by atoms with Crippen LogP contribution in [-0.4, -0.2) is 17.4 Å². The quantitative estimate of drug-likeness (QED) is 0.643. The molecular formula is C9H9F3N2O2. The summed E-state index contributed by atoms with van der Waals surface area (Å²) in [4.78, 5) is 9.60. The maximum atomic E-state index is 12.9. The SMILES string of the molecule is CC(Nc1cc(F)cc([N+](=O)[O-])c1)C(F)F. The first-order valence-corrected chi connectivity index (χ1v) is 4.40. The first kappa shape index (κ1) is 12.3. The molecular weight excluding hydrogens is 225 g/mol. The van der Waals surface area contributed by atoms with Gasteiger partial charge in [-0.2, -0.15) is 0 Å². The van der Waals surface area contributed by atoms with E-state index in [2.05, 4.69) is 5.32 Å². The topological polar surface area (TPSA) is 55.2 Å². The van der Waals surface area contributed by atoms with Gasteiger partial charge in [-0.05, 0) is 13.0 Å². The predicted molar refractivity (Wildman–Crippen MR) is 52.1 cm³/mol. The molecule has 1 aromatic carbocycles. The van der Waals surface area contributed by atoms with E-state index in [1.54, 1.807) is 0 Å². The third kappa shape index (κ3) is 3.11. The van der Waals surface area contributed by atoms with Gasteiger partial charge in [0, 0.05) is 11.8 Å². The number of hydrogen-bond acceptors (Lipinski definition) is 3. The molecule has 0 spiro atoms. The second-order valence-electron chi connectivity index (χ2n) is 3.22. The number of benzene rings is 1. The molecule has 0 saturated carbocycles. The summed E-state index contributed by atoms with van der Waals surface area (Å²) in [5.41, 5.74) is -0.525. The van der Waals surface area contributed by atoms with Crippen molar-refractivity contribution >= 4 is 11.4 Å². The summed E-state index contributed by atoms with van der Waals surface area (Å²) < 4.78 is 37.3. The second kappa shape index (κ2) is 4.82. The first-order valence-electron chi connectivity index (χ1n) is 4.40. The summed E-state index contributed by atoms with van der Waals surface area (Å²) in [5.74, 6) is -0.849. The Morgan fingerprint density at radius 1 is 1.38 bits per heavy atom. The van der Waals surface area contributed by atoms with E-state index in [1.165, 1.54) is 6.92 Å². The van der Waals surface area contributed by atoms with Crippen molar-refractivity contribution in [2.75, 3.05) is 5.32 Å². The Bertz CT molecular complexity index is 398. The summed E-state index contributed by atoms with van der Waals surface area (Å²) in [6.07, 6.45) is -2.64. The van der Waals surface area contributed by atoms with Gasteiger partial charge in [-0.3, -0.25) is 10.1 Å². The van der Waals surface area contributed by atoms with E-state index in [0.717, 1.165) is 18.2 Å². The highest BCUT2D eigenvalue weighted by Crippen LogP contribution is 2.21. The van der Waals surface area contributed by atoms with Crippen molar-refractivity contribution in [1.29, 1.82) is 0 Å². The fraction of sp³-hybridized carbons (Fsp3) is 0.333. The summed E-state index contributed by atoms with van der Waals surface area (Å²) >= 11 is 0. The van der Waals surface area contributed by atoms with Crippen LogP contribution in [0.1, 0.15) is 6.92 Å². The highest BCUT2D eigenvalue weighted by molar-refractivity contribution is 5.52. The lowest BCUT2D eigenvalue weighted by molar-refractivity contribution is -0.385. The van der Waals surface area contributed by atoms with Crippen molar-refractivity contribution in [2.45, 2.75) is 19.4 Å². The van der Waals surface area contributed by atoms with Crippen molar-refractivity contribution in [2.24, 2.45) is 0 Å². The number of hydrogen-bond donors (Lipinski definition) is 1. The molecule has 0 heterocycles.